The maximum absolute atomic E-state index is 10.9. The van der Waals surface area contributed by atoms with Gasteiger partial charge in [0.2, 0.25) is 0 Å². The highest BCUT2D eigenvalue weighted by atomic mass is 16.6. The lowest BCUT2D eigenvalue weighted by atomic mass is 10.2. The fourth-order valence-corrected chi connectivity index (χ4v) is 2.13. The molecule has 0 amide bonds. The molecule has 1 atom stereocenters. The van der Waals surface area contributed by atoms with E-state index in [0.29, 0.717) is 18.1 Å². The first-order chi connectivity index (χ1) is 10.6. The normalized spacial score (nSPS) is 12.2. The van der Waals surface area contributed by atoms with E-state index in [9.17, 15) is 10.1 Å². The summed E-state index contributed by atoms with van der Waals surface area (Å²) in [6.45, 7) is 2.42. The molecule has 0 saturated heterocycles. The van der Waals surface area contributed by atoms with Crippen LogP contribution in [0.15, 0.2) is 47.1 Å². The fourth-order valence-electron chi connectivity index (χ4n) is 2.13. The van der Waals surface area contributed by atoms with Gasteiger partial charge in [-0.1, -0.05) is 19.1 Å². The van der Waals surface area contributed by atoms with E-state index in [0.717, 1.165) is 11.1 Å². The summed E-state index contributed by atoms with van der Waals surface area (Å²) in [6.07, 6.45) is 2.74. The Kier molecular flexibility index (Phi) is 3.69. The Morgan fingerprint density at radius 3 is 2.95 bits per heavy atom. The molecule has 0 radical (unpaired) electrons. The van der Waals surface area contributed by atoms with Gasteiger partial charge in [-0.25, -0.2) is 4.98 Å². The number of oxazole rings is 1. The minimum absolute atomic E-state index is 0.0276. The molecule has 1 N–H and O–H groups in total. The van der Waals surface area contributed by atoms with Crippen LogP contribution in [0.1, 0.15) is 18.7 Å². The van der Waals surface area contributed by atoms with Crippen molar-refractivity contribution in [1.82, 2.24) is 9.97 Å². The average molecular weight is 298 g/mol. The van der Waals surface area contributed by atoms with Crippen LogP contribution in [0.2, 0.25) is 0 Å². The number of anilines is 1. The number of nitrogens with one attached hydrogen (secondary N) is 1. The standard InChI is InChI=1S/C15H14N4O3/c1-10(15-18-12-4-2-3-5-14(12)22-15)8-17-11-6-7-16-9-13(11)19(20)21/h2-7,9-10H,8H2,1H3,(H,16,17)/t10-/m0/s1. The Hall–Kier alpha value is -2.96. The molecule has 0 saturated carbocycles. The predicted octanol–water partition coefficient (Wildman–Crippen LogP) is 3.35. The van der Waals surface area contributed by atoms with Gasteiger partial charge in [0.25, 0.3) is 0 Å². The Bertz CT molecular complexity index is 782. The number of benzene rings is 1. The summed E-state index contributed by atoms with van der Waals surface area (Å²) in [4.78, 5) is 18.7. The van der Waals surface area contributed by atoms with E-state index in [4.69, 9.17) is 4.42 Å². The van der Waals surface area contributed by atoms with E-state index in [1.807, 2.05) is 31.2 Å². The zero-order valence-corrected chi connectivity index (χ0v) is 11.9. The first kappa shape index (κ1) is 14.0. The first-order valence-electron chi connectivity index (χ1n) is 6.83. The number of hydrogen-bond acceptors (Lipinski definition) is 6. The van der Waals surface area contributed by atoms with Crippen LogP contribution in [0.25, 0.3) is 11.1 Å². The van der Waals surface area contributed by atoms with Crippen molar-refractivity contribution >= 4 is 22.5 Å². The van der Waals surface area contributed by atoms with Gasteiger partial charge in [-0.15, -0.1) is 0 Å². The molecule has 3 rings (SSSR count). The molecule has 0 aliphatic rings. The van der Waals surface area contributed by atoms with E-state index in [1.54, 1.807) is 6.07 Å². The fraction of sp³-hybridized carbons (Fsp3) is 0.200. The average Bonchev–Trinajstić information content (AvgIpc) is 2.97. The number of rotatable bonds is 5. The number of nitrogens with zero attached hydrogens (tertiary/aromatic N) is 3. The molecule has 3 aromatic rings. The Labute approximate surface area is 126 Å². The summed E-state index contributed by atoms with van der Waals surface area (Å²) >= 11 is 0. The molecule has 0 aliphatic heterocycles. The maximum Gasteiger partial charge on any atom is 0.310 e. The lowest BCUT2D eigenvalue weighted by Crippen LogP contribution is -2.11. The van der Waals surface area contributed by atoms with Crippen LogP contribution in [0.3, 0.4) is 0 Å². The second-order valence-electron chi connectivity index (χ2n) is 4.95. The van der Waals surface area contributed by atoms with Gasteiger partial charge in [0.05, 0.1) is 10.8 Å². The van der Waals surface area contributed by atoms with Crippen LogP contribution in [-0.2, 0) is 0 Å². The van der Waals surface area contributed by atoms with Crippen molar-refractivity contribution in [3.05, 3.63) is 58.7 Å². The van der Waals surface area contributed by atoms with Crippen molar-refractivity contribution in [2.24, 2.45) is 0 Å². The number of pyridine rings is 1. The van der Waals surface area contributed by atoms with Gasteiger partial charge < -0.3 is 9.73 Å². The second-order valence-corrected chi connectivity index (χ2v) is 4.95. The number of fused-ring (bicyclic) bond motifs is 1. The van der Waals surface area contributed by atoms with Gasteiger partial charge in [-0.3, -0.25) is 15.1 Å². The molecule has 22 heavy (non-hydrogen) atoms. The molecule has 0 bridgehead atoms. The van der Waals surface area contributed by atoms with E-state index in [1.165, 1.54) is 12.4 Å². The highest BCUT2D eigenvalue weighted by Gasteiger charge is 2.17. The summed E-state index contributed by atoms with van der Waals surface area (Å²) in [5.41, 5.74) is 1.92. The summed E-state index contributed by atoms with van der Waals surface area (Å²) in [6, 6.07) is 9.12. The minimum atomic E-state index is -0.459. The quantitative estimate of drug-likeness (QED) is 0.573. The summed E-state index contributed by atoms with van der Waals surface area (Å²) in [5, 5.41) is 14.0. The highest BCUT2D eigenvalue weighted by Crippen LogP contribution is 2.25. The van der Waals surface area contributed by atoms with Gasteiger partial charge >= 0.3 is 5.69 Å². The molecule has 0 aliphatic carbocycles. The molecular weight excluding hydrogens is 284 g/mol. The highest BCUT2D eigenvalue weighted by molar-refractivity contribution is 5.72. The molecule has 0 unspecified atom stereocenters. The zero-order valence-electron chi connectivity index (χ0n) is 11.9. The van der Waals surface area contributed by atoms with Crippen molar-refractivity contribution in [2.45, 2.75) is 12.8 Å². The van der Waals surface area contributed by atoms with Crippen LogP contribution in [0.4, 0.5) is 11.4 Å². The number of nitro groups is 1. The zero-order chi connectivity index (χ0) is 15.5. The third-order valence-corrected chi connectivity index (χ3v) is 3.33. The Balaban J connectivity index is 1.75. The SMILES string of the molecule is C[C@@H](CNc1ccncc1[N+](=O)[O-])c1nc2ccccc2o1. The Morgan fingerprint density at radius 2 is 2.18 bits per heavy atom. The topological polar surface area (TPSA) is 94.1 Å². The van der Waals surface area contributed by atoms with Gasteiger partial charge in [0, 0.05) is 12.7 Å². The van der Waals surface area contributed by atoms with E-state index < -0.39 is 4.92 Å². The number of hydrogen-bond donors (Lipinski definition) is 1. The third kappa shape index (κ3) is 2.73. The monoisotopic (exact) mass is 298 g/mol. The lowest BCUT2D eigenvalue weighted by molar-refractivity contribution is -0.384. The Morgan fingerprint density at radius 1 is 1.36 bits per heavy atom. The van der Waals surface area contributed by atoms with Gasteiger partial charge in [-0.2, -0.15) is 0 Å². The number of aromatic nitrogens is 2. The van der Waals surface area contributed by atoms with Crippen molar-refractivity contribution in [1.29, 1.82) is 0 Å². The smallest absolute Gasteiger partial charge is 0.310 e. The largest absolute Gasteiger partial charge is 0.440 e. The van der Waals surface area contributed by atoms with Gasteiger partial charge in [-0.05, 0) is 18.2 Å². The maximum atomic E-state index is 10.9. The van der Waals surface area contributed by atoms with Crippen LogP contribution in [0.5, 0.6) is 0 Å². The summed E-state index contributed by atoms with van der Waals surface area (Å²) < 4.78 is 5.70. The second kappa shape index (κ2) is 5.80. The molecular formula is C15H14N4O3. The van der Waals surface area contributed by atoms with Crippen LogP contribution in [0, 0.1) is 10.1 Å². The van der Waals surface area contributed by atoms with Crippen molar-refractivity contribution in [3.63, 3.8) is 0 Å². The summed E-state index contributed by atoms with van der Waals surface area (Å²) in [5.74, 6) is 0.575. The van der Waals surface area contributed by atoms with Crippen LogP contribution < -0.4 is 5.32 Å². The van der Waals surface area contributed by atoms with Gasteiger partial charge in [0.1, 0.15) is 17.4 Å². The van der Waals surface area contributed by atoms with Crippen LogP contribution in [-0.4, -0.2) is 21.4 Å². The van der Waals surface area contributed by atoms with Crippen molar-refractivity contribution in [2.75, 3.05) is 11.9 Å². The van der Waals surface area contributed by atoms with E-state index in [-0.39, 0.29) is 11.6 Å². The minimum Gasteiger partial charge on any atom is -0.440 e. The molecule has 7 nitrogen and oxygen atoms in total. The molecule has 112 valence electrons. The van der Waals surface area contributed by atoms with Crippen molar-refractivity contribution < 1.29 is 9.34 Å². The lowest BCUT2D eigenvalue weighted by Gasteiger charge is -2.10. The van der Waals surface area contributed by atoms with Gasteiger partial charge in [0.15, 0.2) is 11.5 Å². The van der Waals surface area contributed by atoms with E-state index >= 15 is 0 Å². The molecule has 0 fully saturated rings. The molecule has 0 spiro atoms. The molecule has 1 aromatic carbocycles. The first-order valence-corrected chi connectivity index (χ1v) is 6.83. The molecule has 2 aromatic heterocycles. The van der Waals surface area contributed by atoms with E-state index in [2.05, 4.69) is 15.3 Å². The van der Waals surface area contributed by atoms with Crippen LogP contribution >= 0.6 is 0 Å². The third-order valence-electron chi connectivity index (χ3n) is 3.33. The number of para-hydroxylation sites is 2. The van der Waals surface area contributed by atoms with Crippen molar-refractivity contribution in [3.8, 4) is 0 Å². The molecule has 2 heterocycles. The predicted molar refractivity (Wildman–Crippen MR) is 81.8 cm³/mol. The molecule has 7 heteroatoms. The summed E-state index contributed by atoms with van der Waals surface area (Å²) in [7, 11) is 0.